The van der Waals surface area contributed by atoms with E-state index in [-0.39, 0.29) is 5.92 Å². The van der Waals surface area contributed by atoms with Gasteiger partial charge in [0, 0.05) is 12.6 Å². The van der Waals surface area contributed by atoms with Crippen LogP contribution in [0.2, 0.25) is 0 Å². The van der Waals surface area contributed by atoms with Gasteiger partial charge in [0.15, 0.2) is 0 Å². The van der Waals surface area contributed by atoms with Crippen LogP contribution in [0.5, 0.6) is 0 Å². The Bertz CT molecular complexity index is 458. The average molecular weight is 245 g/mol. The van der Waals surface area contributed by atoms with Crippen LogP contribution in [0.15, 0.2) is 24.3 Å². The van der Waals surface area contributed by atoms with E-state index < -0.39 is 5.97 Å². The molecule has 1 aromatic carbocycles. The number of carboxylic acids is 1. The van der Waals surface area contributed by atoms with Crippen molar-refractivity contribution in [3.8, 4) is 0 Å². The molecule has 0 unspecified atom stereocenters. The number of hydrogen-bond donors (Lipinski definition) is 1. The highest BCUT2D eigenvalue weighted by atomic mass is 16.4. The summed E-state index contributed by atoms with van der Waals surface area (Å²) in [5.41, 5.74) is 2.88. The highest BCUT2D eigenvalue weighted by Crippen LogP contribution is 2.36. The molecule has 0 aromatic heterocycles. The number of carboxylic acid groups (broad SMARTS) is 1. The van der Waals surface area contributed by atoms with Gasteiger partial charge in [-0.25, -0.2) is 0 Å². The van der Waals surface area contributed by atoms with Crippen molar-refractivity contribution in [2.24, 2.45) is 5.92 Å². The van der Waals surface area contributed by atoms with Crippen LogP contribution in [0.4, 0.5) is 0 Å². The maximum absolute atomic E-state index is 11.0. The average Bonchev–Trinajstić information content (AvgIpc) is 2.87. The predicted octanol–water partition coefficient (Wildman–Crippen LogP) is 2.47. The number of benzene rings is 1. The number of hydrogen-bond acceptors (Lipinski definition) is 2. The second-order valence-corrected chi connectivity index (χ2v) is 5.43. The first-order valence-corrected chi connectivity index (χ1v) is 6.80. The number of carbonyl (C=O) groups is 1. The summed E-state index contributed by atoms with van der Waals surface area (Å²) in [6, 6.07) is 9.08. The summed E-state index contributed by atoms with van der Waals surface area (Å²) in [4.78, 5) is 13.4. The lowest BCUT2D eigenvalue weighted by atomic mass is 9.87. The SMILES string of the molecule is O=C(O)[C@@H]1CCN([C@H]2CCCc3ccccc32)C1. The second-order valence-electron chi connectivity index (χ2n) is 5.43. The van der Waals surface area contributed by atoms with Crippen LogP contribution in [0.1, 0.15) is 36.4 Å². The number of fused-ring (bicyclic) bond motifs is 1. The first-order chi connectivity index (χ1) is 8.75. The minimum atomic E-state index is -0.637. The molecule has 1 aliphatic carbocycles. The van der Waals surface area contributed by atoms with Gasteiger partial charge in [0.2, 0.25) is 0 Å². The molecule has 1 saturated heterocycles. The molecule has 3 rings (SSSR count). The summed E-state index contributed by atoms with van der Waals surface area (Å²) in [6.07, 6.45) is 4.36. The molecule has 1 aromatic rings. The summed E-state index contributed by atoms with van der Waals surface area (Å²) >= 11 is 0. The Morgan fingerprint density at radius 2 is 2.11 bits per heavy atom. The molecule has 0 amide bonds. The predicted molar refractivity (Wildman–Crippen MR) is 69.4 cm³/mol. The van der Waals surface area contributed by atoms with Gasteiger partial charge < -0.3 is 5.11 Å². The molecule has 96 valence electrons. The number of aliphatic carboxylic acids is 1. The molecule has 1 heterocycles. The minimum absolute atomic E-state index is 0.168. The van der Waals surface area contributed by atoms with E-state index in [2.05, 4.69) is 29.2 Å². The molecule has 0 saturated carbocycles. The van der Waals surface area contributed by atoms with Crippen molar-refractivity contribution in [1.82, 2.24) is 4.90 Å². The van der Waals surface area contributed by atoms with Crippen LogP contribution in [0.3, 0.4) is 0 Å². The topological polar surface area (TPSA) is 40.5 Å². The Morgan fingerprint density at radius 3 is 2.89 bits per heavy atom. The van der Waals surface area contributed by atoms with Crippen LogP contribution in [0, 0.1) is 5.92 Å². The molecule has 3 heteroatoms. The smallest absolute Gasteiger partial charge is 0.307 e. The normalized spacial score (nSPS) is 28.0. The fourth-order valence-electron chi connectivity index (χ4n) is 3.38. The zero-order valence-corrected chi connectivity index (χ0v) is 10.5. The largest absolute Gasteiger partial charge is 0.481 e. The van der Waals surface area contributed by atoms with E-state index in [0.717, 1.165) is 13.0 Å². The highest BCUT2D eigenvalue weighted by Gasteiger charge is 2.34. The lowest BCUT2D eigenvalue weighted by Gasteiger charge is -2.33. The fourth-order valence-corrected chi connectivity index (χ4v) is 3.38. The third-order valence-corrected chi connectivity index (χ3v) is 4.35. The monoisotopic (exact) mass is 245 g/mol. The zero-order valence-electron chi connectivity index (χ0n) is 10.5. The second kappa shape index (κ2) is 4.73. The van der Waals surface area contributed by atoms with Crippen LogP contribution in [0.25, 0.3) is 0 Å². The Labute approximate surface area is 107 Å². The van der Waals surface area contributed by atoms with E-state index in [1.54, 1.807) is 0 Å². The van der Waals surface area contributed by atoms with Crippen LogP contribution in [-0.2, 0) is 11.2 Å². The lowest BCUT2D eigenvalue weighted by molar-refractivity contribution is -0.141. The van der Waals surface area contributed by atoms with Crippen LogP contribution >= 0.6 is 0 Å². The van der Waals surface area contributed by atoms with Crippen molar-refractivity contribution in [2.75, 3.05) is 13.1 Å². The third kappa shape index (κ3) is 2.03. The molecule has 2 atom stereocenters. The summed E-state index contributed by atoms with van der Waals surface area (Å²) in [5.74, 6) is -0.805. The Hall–Kier alpha value is -1.35. The molecule has 0 spiro atoms. The van der Waals surface area contributed by atoms with Gasteiger partial charge in [-0.15, -0.1) is 0 Å². The first kappa shape index (κ1) is 11.7. The fraction of sp³-hybridized carbons (Fsp3) is 0.533. The van der Waals surface area contributed by atoms with Gasteiger partial charge in [-0.1, -0.05) is 24.3 Å². The maximum Gasteiger partial charge on any atom is 0.307 e. The highest BCUT2D eigenvalue weighted by molar-refractivity contribution is 5.70. The van der Waals surface area contributed by atoms with Crippen LogP contribution in [-0.4, -0.2) is 29.1 Å². The number of nitrogens with zero attached hydrogens (tertiary/aromatic N) is 1. The van der Waals surface area contributed by atoms with Gasteiger partial charge in [-0.05, 0) is 43.4 Å². The summed E-state index contributed by atoms with van der Waals surface area (Å²) in [5, 5.41) is 9.10. The summed E-state index contributed by atoms with van der Waals surface area (Å²) in [7, 11) is 0. The van der Waals surface area contributed by atoms with Gasteiger partial charge in [0.05, 0.1) is 5.92 Å². The van der Waals surface area contributed by atoms with Crippen molar-refractivity contribution in [3.63, 3.8) is 0 Å². The Kier molecular flexibility index (Phi) is 3.08. The van der Waals surface area contributed by atoms with E-state index in [1.165, 1.54) is 30.4 Å². The zero-order chi connectivity index (χ0) is 12.5. The summed E-state index contributed by atoms with van der Waals surface area (Å²) in [6.45, 7) is 1.64. The molecule has 1 fully saturated rings. The molecular weight excluding hydrogens is 226 g/mol. The van der Waals surface area contributed by atoms with Crippen molar-refractivity contribution in [1.29, 1.82) is 0 Å². The molecule has 1 aliphatic heterocycles. The minimum Gasteiger partial charge on any atom is -0.481 e. The number of rotatable bonds is 2. The van der Waals surface area contributed by atoms with Gasteiger partial charge >= 0.3 is 5.97 Å². The molecule has 2 aliphatic rings. The van der Waals surface area contributed by atoms with E-state index in [1.807, 2.05) is 0 Å². The van der Waals surface area contributed by atoms with Crippen molar-refractivity contribution in [2.45, 2.75) is 31.7 Å². The van der Waals surface area contributed by atoms with Crippen LogP contribution < -0.4 is 0 Å². The molecule has 18 heavy (non-hydrogen) atoms. The molecule has 3 nitrogen and oxygen atoms in total. The van der Waals surface area contributed by atoms with Gasteiger partial charge in [0.1, 0.15) is 0 Å². The van der Waals surface area contributed by atoms with Crippen molar-refractivity contribution >= 4 is 5.97 Å². The third-order valence-electron chi connectivity index (χ3n) is 4.35. The standard InChI is InChI=1S/C15H19NO2/c17-15(18)12-8-9-16(10-12)14-7-3-5-11-4-1-2-6-13(11)14/h1-2,4,6,12,14H,3,5,7-10H2,(H,17,18)/t12-,14+/m1/s1. The van der Waals surface area contributed by atoms with Crippen molar-refractivity contribution in [3.05, 3.63) is 35.4 Å². The Balaban J connectivity index is 1.80. The van der Waals surface area contributed by atoms with E-state index in [9.17, 15) is 4.79 Å². The van der Waals surface area contributed by atoms with Gasteiger partial charge in [0.25, 0.3) is 0 Å². The first-order valence-electron chi connectivity index (χ1n) is 6.80. The van der Waals surface area contributed by atoms with E-state index >= 15 is 0 Å². The van der Waals surface area contributed by atoms with E-state index in [4.69, 9.17) is 5.11 Å². The quantitative estimate of drug-likeness (QED) is 0.870. The van der Waals surface area contributed by atoms with Crippen molar-refractivity contribution < 1.29 is 9.90 Å². The lowest BCUT2D eigenvalue weighted by Crippen LogP contribution is -2.30. The molecular formula is C15H19NO2. The summed E-state index contributed by atoms with van der Waals surface area (Å²) < 4.78 is 0. The molecule has 0 bridgehead atoms. The number of likely N-dealkylation sites (tertiary alicyclic amines) is 1. The van der Waals surface area contributed by atoms with Gasteiger partial charge in [-0.2, -0.15) is 0 Å². The molecule has 1 N–H and O–H groups in total. The van der Waals surface area contributed by atoms with Gasteiger partial charge in [-0.3, -0.25) is 9.69 Å². The Morgan fingerprint density at radius 1 is 1.28 bits per heavy atom. The maximum atomic E-state index is 11.0. The number of aryl methyl sites for hydroxylation is 1. The van der Waals surface area contributed by atoms with E-state index in [0.29, 0.717) is 12.6 Å². The molecule has 0 radical (unpaired) electrons.